The topological polar surface area (TPSA) is 64.3 Å². The van der Waals surface area contributed by atoms with Crippen molar-refractivity contribution in [2.24, 2.45) is 5.73 Å². The van der Waals surface area contributed by atoms with Crippen LogP contribution in [0.2, 0.25) is 0 Å². The highest BCUT2D eigenvalue weighted by Gasteiger charge is 2.21. The quantitative estimate of drug-likeness (QED) is 0.846. The third kappa shape index (κ3) is 4.46. The molecule has 0 bridgehead atoms. The maximum absolute atomic E-state index is 12.1. The first kappa shape index (κ1) is 15.8. The Balaban J connectivity index is 1.86. The fourth-order valence-corrected chi connectivity index (χ4v) is 2.68. The highest BCUT2D eigenvalue weighted by molar-refractivity contribution is 5.81. The van der Waals surface area contributed by atoms with Crippen LogP contribution in [0.25, 0.3) is 0 Å². The van der Waals surface area contributed by atoms with Gasteiger partial charge in [0.1, 0.15) is 5.75 Å². The minimum Gasteiger partial charge on any atom is -0.481 e. The summed E-state index contributed by atoms with van der Waals surface area (Å²) in [6.07, 6.45) is 5.01. The van der Waals surface area contributed by atoms with Crippen LogP contribution in [-0.2, 0) is 4.79 Å². The second kappa shape index (κ2) is 7.46. The van der Waals surface area contributed by atoms with Crippen molar-refractivity contribution in [1.82, 2.24) is 5.32 Å². The lowest BCUT2D eigenvalue weighted by Crippen LogP contribution is -2.41. The molecule has 4 nitrogen and oxygen atoms in total. The second-order valence-electron chi connectivity index (χ2n) is 5.83. The van der Waals surface area contributed by atoms with Crippen LogP contribution in [0.5, 0.6) is 5.75 Å². The number of nitrogens with one attached hydrogen (secondary N) is 1. The summed E-state index contributed by atoms with van der Waals surface area (Å²) in [5.74, 6) is 0.673. The fraction of sp³-hybridized carbons (Fsp3) is 0.588. The molecule has 1 aromatic carbocycles. The number of benzene rings is 1. The SMILES string of the molecule is CC[C@H](N)c1ccc(OC(C)C(=O)NC2CCCC2)cc1. The lowest BCUT2D eigenvalue weighted by Gasteiger charge is -2.18. The van der Waals surface area contributed by atoms with E-state index in [1.54, 1.807) is 6.92 Å². The van der Waals surface area contributed by atoms with Crippen LogP contribution in [-0.4, -0.2) is 18.1 Å². The molecule has 1 aliphatic carbocycles. The van der Waals surface area contributed by atoms with E-state index in [2.05, 4.69) is 12.2 Å². The molecule has 21 heavy (non-hydrogen) atoms. The van der Waals surface area contributed by atoms with Crippen molar-refractivity contribution in [1.29, 1.82) is 0 Å². The smallest absolute Gasteiger partial charge is 0.260 e. The molecule has 0 heterocycles. The maximum atomic E-state index is 12.1. The van der Waals surface area contributed by atoms with Crippen LogP contribution in [0.15, 0.2) is 24.3 Å². The van der Waals surface area contributed by atoms with Gasteiger partial charge in [-0.15, -0.1) is 0 Å². The van der Waals surface area contributed by atoms with Crippen molar-refractivity contribution in [3.63, 3.8) is 0 Å². The minimum atomic E-state index is -0.476. The van der Waals surface area contributed by atoms with Gasteiger partial charge in [0.15, 0.2) is 6.10 Å². The number of nitrogens with two attached hydrogens (primary N) is 1. The largest absolute Gasteiger partial charge is 0.481 e. The molecular formula is C17H26N2O2. The molecule has 0 aromatic heterocycles. The van der Waals surface area contributed by atoms with Gasteiger partial charge in [-0.1, -0.05) is 31.9 Å². The van der Waals surface area contributed by atoms with Gasteiger partial charge in [0.2, 0.25) is 0 Å². The van der Waals surface area contributed by atoms with Gasteiger partial charge in [-0.3, -0.25) is 4.79 Å². The zero-order valence-electron chi connectivity index (χ0n) is 13.0. The van der Waals surface area contributed by atoms with Crippen LogP contribution in [0.4, 0.5) is 0 Å². The molecule has 0 saturated heterocycles. The number of amides is 1. The number of carbonyl (C=O) groups is 1. The van der Waals surface area contributed by atoms with Crippen LogP contribution in [0, 0.1) is 0 Å². The third-order valence-electron chi connectivity index (χ3n) is 4.13. The van der Waals surface area contributed by atoms with Gasteiger partial charge < -0.3 is 15.8 Å². The van der Waals surface area contributed by atoms with Gasteiger partial charge in [-0.05, 0) is 43.9 Å². The van der Waals surface area contributed by atoms with Crippen molar-refractivity contribution < 1.29 is 9.53 Å². The van der Waals surface area contributed by atoms with Gasteiger partial charge in [0, 0.05) is 12.1 Å². The summed E-state index contributed by atoms with van der Waals surface area (Å²) in [4.78, 5) is 12.1. The second-order valence-corrected chi connectivity index (χ2v) is 5.83. The van der Waals surface area contributed by atoms with E-state index in [4.69, 9.17) is 10.5 Å². The number of hydrogen-bond acceptors (Lipinski definition) is 3. The van der Waals surface area contributed by atoms with Gasteiger partial charge in [-0.25, -0.2) is 0 Å². The average Bonchev–Trinajstić information content (AvgIpc) is 3.00. The highest BCUT2D eigenvalue weighted by Crippen LogP contribution is 2.20. The van der Waals surface area contributed by atoms with E-state index in [1.165, 1.54) is 12.8 Å². The summed E-state index contributed by atoms with van der Waals surface area (Å²) in [6.45, 7) is 3.85. The molecule has 1 unspecified atom stereocenters. The molecule has 2 rings (SSSR count). The van der Waals surface area contributed by atoms with Gasteiger partial charge in [-0.2, -0.15) is 0 Å². The maximum Gasteiger partial charge on any atom is 0.260 e. The van der Waals surface area contributed by atoms with E-state index >= 15 is 0 Å². The Kier molecular flexibility index (Phi) is 5.62. The normalized spacial score (nSPS) is 18.2. The molecule has 1 saturated carbocycles. The fourth-order valence-electron chi connectivity index (χ4n) is 2.68. The Labute approximate surface area is 127 Å². The summed E-state index contributed by atoms with van der Waals surface area (Å²) < 4.78 is 5.70. The Bertz CT molecular complexity index is 452. The van der Waals surface area contributed by atoms with Crippen LogP contribution in [0.1, 0.15) is 57.6 Å². The molecule has 1 aliphatic rings. The van der Waals surface area contributed by atoms with Gasteiger partial charge >= 0.3 is 0 Å². The zero-order chi connectivity index (χ0) is 15.2. The van der Waals surface area contributed by atoms with E-state index in [1.807, 2.05) is 24.3 Å². The first-order valence-corrected chi connectivity index (χ1v) is 7.92. The Morgan fingerprint density at radius 2 is 1.95 bits per heavy atom. The summed E-state index contributed by atoms with van der Waals surface area (Å²) >= 11 is 0. The Hall–Kier alpha value is -1.55. The number of hydrogen-bond donors (Lipinski definition) is 2. The third-order valence-corrected chi connectivity index (χ3v) is 4.13. The predicted octanol–water partition coefficient (Wildman–Crippen LogP) is 2.92. The molecule has 2 atom stereocenters. The molecular weight excluding hydrogens is 264 g/mol. The van der Waals surface area contributed by atoms with Crippen LogP contribution in [0.3, 0.4) is 0 Å². The first-order valence-electron chi connectivity index (χ1n) is 7.92. The summed E-state index contributed by atoms with van der Waals surface area (Å²) in [5.41, 5.74) is 7.07. The van der Waals surface area contributed by atoms with Crippen molar-refractivity contribution in [3.8, 4) is 5.75 Å². The van der Waals surface area contributed by atoms with Crippen molar-refractivity contribution in [2.45, 2.75) is 64.1 Å². The van der Waals surface area contributed by atoms with Crippen molar-refractivity contribution >= 4 is 5.91 Å². The van der Waals surface area contributed by atoms with Crippen molar-refractivity contribution in [2.75, 3.05) is 0 Å². The van der Waals surface area contributed by atoms with Crippen molar-refractivity contribution in [3.05, 3.63) is 29.8 Å². The Morgan fingerprint density at radius 1 is 1.33 bits per heavy atom. The monoisotopic (exact) mass is 290 g/mol. The molecule has 0 aliphatic heterocycles. The predicted molar refractivity (Wildman–Crippen MR) is 84.2 cm³/mol. The number of carbonyl (C=O) groups excluding carboxylic acids is 1. The Morgan fingerprint density at radius 3 is 2.52 bits per heavy atom. The number of ether oxygens (including phenoxy) is 1. The molecule has 0 radical (unpaired) electrons. The molecule has 1 fully saturated rings. The lowest BCUT2D eigenvalue weighted by molar-refractivity contribution is -0.127. The van der Waals surface area contributed by atoms with E-state index < -0.39 is 6.10 Å². The van der Waals surface area contributed by atoms with Crippen LogP contribution < -0.4 is 15.8 Å². The van der Waals surface area contributed by atoms with Gasteiger partial charge in [0.05, 0.1) is 0 Å². The molecule has 3 N–H and O–H groups in total. The van der Waals surface area contributed by atoms with E-state index in [9.17, 15) is 4.79 Å². The number of rotatable bonds is 6. The summed E-state index contributed by atoms with van der Waals surface area (Å²) in [5, 5.41) is 3.05. The van der Waals surface area contributed by atoms with Gasteiger partial charge in [0.25, 0.3) is 5.91 Å². The molecule has 1 aromatic rings. The zero-order valence-corrected chi connectivity index (χ0v) is 13.0. The standard InChI is InChI=1S/C17H26N2O2/c1-3-16(18)13-8-10-15(11-9-13)21-12(2)17(20)19-14-6-4-5-7-14/h8-12,14,16H,3-7,18H2,1-2H3,(H,19,20)/t12?,16-/m0/s1. The van der Waals surface area contributed by atoms with E-state index in [0.29, 0.717) is 11.8 Å². The lowest BCUT2D eigenvalue weighted by atomic mass is 10.1. The molecule has 0 spiro atoms. The minimum absolute atomic E-state index is 0.0313. The average molecular weight is 290 g/mol. The highest BCUT2D eigenvalue weighted by atomic mass is 16.5. The van der Waals surface area contributed by atoms with E-state index in [-0.39, 0.29) is 11.9 Å². The van der Waals surface area contributed by atoms with E-state index in [0.717, 1.165) is 24.8 Å². The summed E-state index contributed by atoms with van der Waals surface area (Å²) in [7, 11) is 0. The van der Waals surface area contributed by atoms with Crippen LogP contribution >= 0.6 is 0 Å². The molecule has 1 amide bonds. The summed E-state index contributed by atoms with van der Waals surface area (Å²) in [6, 6.07) is 8.07. The first-order chi connectivity index (χ1) is 10.1. The molecule has 116 valence electrons. The molecule has 4 heteroatoms.